The predicted octanol–water partition coefficient (Wildman–Crippen LogP) is 1.56. The zero-order valence-corrected chi connectivity index (χ0v) is 9.29. The SMILES string of the molecule is C/C1=C/C=C/NCCC(C#N)CCNC1. The van der Waals surface area contributed by atoms with E-state index in [2.05, 4.69) is 29.7 Å². The molecule has 0 saturated heterocycles. The summed E-state index contributed by atoms with van der Waals surface area (Å²) in [5, 5.41) is 15.4. The van der Waals surface area contributed by atoms with E-state index in [1.807, 2.05) is 12.3 Å². The van der Waals surface area contributed by atoms with Gasteiger partial charge in [0.1, 0.15) is 0 Å². The van der Waals surface area contributed by atoms with Gasteiger partial charge in [-0.2, -0.15) is 5.26 Å². The summed E-state index contributed by atoms with van der Waals surface area (Å²) in [6.45, 7) is 4.81. The highest BCUT2D eigenvalue weighted by Crippen LogP contribution is 2.05. The van der Waals surface area contributed by atoms with Crippen molar-refractivity contribution in [1.29, 1.82) is 5.26 Å². The molecule has 0 aromatic carbocycles. The van der Waals surface area contributed by atoms with Crippen molar-refractivity contribution in [3.63, 3.8) is 0 Å². The van der Waals surface area contributed by atoms with Crippen LogP contribution in [0.15, 0.2) is 23.9 Å². The van der Waals surface area contributed by atoms with Crippen LogP contribution >= 0.6 is 0 Å². The summed E-state index contributed by atoms with van der Waals surface area (Å²) in [6.07, 6.45) is 7.92. The number of nitrogens with zero attached hydrogens (tertiary/aromatic N) is 1. The maximum absolute atomic E-state index is 8.91. The molecule has 82 valence electrons. The van der Waals surface area contributed by atoms with Crippen molar-refractivity contribution in [2.24, 2.45) is 5.92 Å². The lowest BCUT2D eigenvalue weighted by atomic mass is 10.0. The summed E-state index contributed by atoms with van der Waals surface area (Å²) in [5.74, 6) is 0.169. The second kappa shape index (κ2) is 7.08. The fraction of sp³-hybridized carbons (Fsp3) is 0.583. The average molecular weight is 205 g/mol. The Balaban J connectivity index is 2.46. The molecule has 1 unspecified atom stereocenters. The summed E-state index contributed by atoms with van der Waals surface area (Å²) in [6, 6.07) is 2.35. The maximum atomic E-state index is 8.91. The van der Waals surface area contributed by atoms with E-state index in [-0.39, 0.29) is 5.92 Å². The highest BCUT2D eigenvalue weighted by Gasteiger charge is 2.06. The van der Waals surface area contributed by atoms with Gasteiger partial charge in [-0.25, -0.2) is 0 Å². The topological polar surface area (TPSA) is 47.9 Å². The van der Waals surface area contributed by atoms with Gasteiger partial charge in [0, 0.05) is 19.0 Å². The minimum atomic E-state index is 0.169. The predicted molar refractivity (Wildman–Crippen MR) is 62.1 cm³/mol. The number of nitriles is 1. The molecule has 15 heavy (non-hydrogen) atoms. The minimum Gasteiger partial charge on any atom is -0.391 e. The summed E-state index contributed by atoms with van der Waals surface area (Å²) in [5.41, 5.74) is 1.31. The van der Waals surface area contributed by atoms with Crippen LogP contribution in [0.5, 0.6) is 0 Å². The van der Waals surface area contributed by atoms with E-state index >= 15 is 0 Å². The summed E-state index contributed by atoms with van der Waals surface area (Å²) < 4.78 is 0. The van der Waals surface area contributed by atoms with E-state index in [9.17, 15) is 0 Å². The van der Waals surface area contributed by atoms with Gasteiger partial charge in [-0.05, 0) is 38.6 Å². The Hall–Kier alpha value is -1.27. The van der Waals surface area contributed by atoms with Crippen LogP contribution in [0.2, 0.25) is 0 Å². The first-order chi connectivity index (χ1) is 7.33. The molecule has 1 heterocycles. The Morgan fingerprint density at radius 2 is 2.20 bits per heavy atom. The fourth-order valence-corrected chi connectivity index (χ4v) is 1.52. The second-order valence-corrected chi connectivity index (χ2v) is 3.91. The minimum absolute atomic E-state index is 0.169. The van der Waals surface area contributed by atoms with Crippen LogP contribution in [-0.2, 0) is 0 Å². The van der Waals surface area contributed by atoms with E-state index in [1.54, 1.807) is 0 Å². The second-order valence-electron chi connectivity index (χ2n) is 3.91. The van der Waals surface area contributed by atoms with Crippen LogP contribution < -0.4 is 10.6 Å². The van der Waals surface area contributed by atoms with Crippen molar-refractivity contribution in [3.05, 3.63) is 23.9 Å². The molecule has 0 spiro atoms. The van der Waals surface area contributed by atoms with Crippen molar-refractivity contribution in [2.45, 2.75) is 19.8 Å². The molecule has 3 nitrogen and oxygen atoms in total. The zero-order chi connectivity index (χ0) is 10.9. The van der Waals surface area contributed by atoms with Crippen LogP contribution in [0.25, 0.3) is 0 Å². The van der Waals surface area contributed by atoms with Crippen LogP contribution in [0.4, 0.5) is 0 Å². The normalized spacial score (nSPS) is 29.6. The molecule has 3 heteroatoms. The quantitative estimate of drug-likeness (QED) is 0.631. The molecule has 0 aromatic heterocycles. The third kappa shape index (κ3) is 5.24. The molecule has 1 aliphatic heterocycles. The van der Waals surface area contributed by atoms with Crippen molar-refractivity contribution >= 4 is 0 Å². The van der Waals surface area contributed by atoms with Crippen LogP contribution in [0.3, 0.4) is 0 Å². The summed E-state index contributed by atoms with van der Waals surface area (Å²) in [7, 11) is 0. The Morgan fingerprint density at radius 1 is 1.40 bits per heavy atom. The van der Waals surface area contributed by atoms with Gasteiger partial charge in [0.15, 0.2) is 0 Å². The Labute approximate surface area is 91.9 Å². The van der Waals surface area contributed by atoms with Crippen molar-refractivity contribution in [1.82, 2.24) is 10.6 Å². The molecule has 1 rings (SSSR count). The smallest absolute Gasteiger partial charge is 0.0656 e. The molecule has 0 radical (unpaired) electrons. The molecular formula is C12H19N3. The number of nitrogens with one attached hydrogen (secondary N) is 2. The van der Waals surface area contributed by atoms with Crippen LogP contribution in [-0.4, -0.2) is 19.6 Å². The number of rotatable bonds is 0. The van der Waals surface area contributed by atoms with Gasteiger partial charge >= 0.3 is 0 Å². The van der Waals surface area contributed by atoms with E-state index < -0.39 is 0 Å². The highest BCUT2D eigenvalue weighted by atomic mass is 14.9. The van der Waals surface area contributed by atoms with E-state index in [4.69, 9.17) is 5.26 Å². The Morgan fingerprint density at radius 3 is 3.00 bits per heavy atom. The molecule has 0 amide bonds. The number of hydrogen-bond donors (Lipinski definition) is 2. The number of allylic oxidation sites excluding steroid dienone is 2. The average Bonchev–Trinajstić information content (AvgIpc) is 2.23. The standard InChI is InChI=1S/C12H19N3/c1-11-3-2-6-14-7-4-12(9-13)5-8-15-10-11/h2-3,6,12,14-15H,4-5,7-8,10H2,1H3/b6-2+,11-3-. The maximum Gasteiger partial charge on any atom is 0.0656 e. The first-order valence-electron chi connectivity index (χ1n) is 5.49. The van der Waals surface area contributed by atoms with E-state index in [0.29, 0.717) is 0 Å². The molecule has 0 bridgehead atoms. The lowest BCUT2D eigenvalue weighted by Crippen LogP contribution is -2.21. The first kappa shape index (κ1) is 11.8. The first-order valence-corrected chi connectivity index (χ1v) is 5.49. The third-order valence-corrected chi connectivity index (χ3v) is 2.49. The van der Waals surface area contributed by atoms with E-state index in [0.717, 1.165) is 32.5 Å². The third-order valence-electron chi connectivity index (χ3n) is 2.49. The summed E-state index contributed by atoms with van der Waals surface area (Å²) in [4.78, 5) is 0. The van der Waals surface area contributed by atoms with Gasteiger partial charge in [-0.1, -0.05) is 11.6 Å². The van der Waals surface area contributed by atoms with Crippen LogP contribution in [0, 0.1) is 17.2 Å². The van der Waals surface area contributed by atoms with Gasteiger partial charge in [0.2, 0.25) is 0 Å². The molecule has 0 saturated carbocycles. The molecule has 0 fully saturated rings. The van der Waals surface area contributed by atoms with E-state index in [1.165, 1.54) is 5.57 Å². The van der Waals surface area contributed by atoms with Gasteiger partial charge < -0.3 is 10.6 Å². The lowest BCUT2D eigenvalue weighted by molar-refractivity contribution is 0.521. The Kier molecular flexibility index (Phi) is 5.57. The lowest BCUT2D eigenvalue weighted by Gasteiger charge is -2.11. The molecule has 1 atom stereocenters. The Bertz CT molecular complexity index is 273. The van der Waals surface area contributed by atoms with Gasteiger partial charge in [0.25, 0.3) is 0 Å². The molecular weight excluding hydrogens is 186 g/mol. The fourth-order valence-electron chi connectivity index (χ4n) is 1.52. The zero-order valence-electron chi connectivity index (χ0n) is 9.29. The molecule has 0 aromatic rings. The largest absolute Gasteiger partial charge is 0.391 e. The van der Waals surface area contributed by atoms with Crippen molar-refractivity contribution < 1.29 is 0 Å². The van der Waals surface area contributed by atoms with Gasteiger partial charge in [0.05, 0.1) is 6.07 Å². The van der Waals surface area contributed by atoms with Gasteiger partial charge in [-0.15, -0.1) is 0 Å². The van der Waals surface area contributed by atoms with Gasteiger partial charge in [-0.3, -0.25) is 0 Å². The molecule has 1 aliphatic rings. The molecule has 0 aliphatic carbocycles. The monoisotopic (exact) mass is 205 g/mol. The summed E-state index contributed by atoms with van der Waals surface area (Å²) >= 11 is 0. The van der Waals surface area contributed by atoms with Crippen LogP contribution in [0.1, 0.15) is 19.8 Å². The van der Waals surface area contributed by atoms with Crippen molar-refractivity contribution in [2.75, 3.05) is 19.6 Å². The van der Waals surface area contributed by atoms with Crippen molar-refractivity contribution in [3.8, 4) is 6.07 Å². The molecule has 2 N–H and O–H groups in total. The highest BCUT2D eigenvalue weighted by molar-refractivity contribution is 5.11. The number of hydrogen-bond acceptors (Lipinski definition) is 3.